The smallest absolute Gasteiger partial charge is 0.165 e. The average molecular weight is 255 g/mol. The van der Waals surface area contributed by atoms with Gasteiger partial charge in [-0.05, 0) is 12.1 Å². The first kappa shape index (κ1) is 13.3. The summed E-state index contributed by atoms with van der Waals surface area (Å²) < 4.78 is 23.7. The van der Waals surface area contributed by atoms with Gasteiger partial charge in [-0.15, -0.1) is 0 Å². The molecule has 0 bridgehead atoms. The maximum atomic E-state index is 13.3. The van der Waals surface area contributed by atoms with Gasteiger partial charge in [0.1, 0.15) is 12.7 Å². The van der Waals surface area contributed by atoms with E-state index in [0.717, 1.165) is 13.1 Å². The third-order valence-corrected chi connectivity index (χ3v) is 2.84. The molecular weight excluding hydrogens is 237 g/mol. The second-order valence-corrected chi connectivity index (χ2v) is 4.31. The fourth-order valence-electron chi connectivity index (χ4n) is 1.88. The molecule has 1 aliphatic heterocycles. The van der Waals surface area contributed by atoms with E-state index in [2.05, 4.69) is 4.90 Å². The van der Waals surface area contributed by atoms with Gasteiger partial charge in [-0.25, -0.2) is 4.39 Å². The maximum Gasteiger partial charge on any atom is 0.165 e. The molecule has 18 heavy (non-hydrogen) atoms. The molecule has 1 aromatic carbocycles. The van der Waals surface area contributed by atoms with Gasteiger partial charge in [0.2, 0.25) is 0 Å². The summed E-state index contributed by atoms with van der Waals surface area (Å²) in [4.78, 5) is 2.11. The number of para-hydroxylation sites is 1. The molecule has 2 rings (SSSR count). The minimum absolute atomic E-state index is 0.0955. The summed E-state index contributed by atoms with van der Waals surface area (Å²) in [6.07, 6.45) is -0.622. The van der Waals surface area contributed by atoms with E-state index in [4.69, 9.17) is 9.47 Å². The van der Waals surface area contributed by atoms with Crippen LogP contribution >= 0.6 is 0 Å². The van der Waals surface area contributed by atoms with Gasteiger partial charge < -0.3 is 14.6 Å². The second-order valence-electron chi connectivity index (χ2n) is 4.31. The Labute approximate surface area is 106 Å². The Hall–Kier alpha value is -1.17. The van der Waals surface area contributed by atoms with E-state index in [1.54, 1.807) is 18.2 Å². The molecule has 0 spiro atoms. The summed E-state index contributed by atoms with van der Waals surface area (Å²) in [6, 6.07) is 6.19. The van der Waals surface area contributed by atoms with E-state index < -0.39 is 11.9 Å². The van der Waals surface area contributed by atoms with Crippen LogP contribution in [0.15, 0.2) is 24.3 Å². The van der Waals surface area contributed by atoms with E-state index in [9.17, 15) is 9.50 Å². The summed E-state index contributed by atoms with van der Waals surface area (Å²) in [7, 11) is 0. The van der Waals surface area contributed by atoms with Crippen LogP contribution in [0.4, 0.5) is 4.39 Å². The van der Waals surface area contributed by atoms with Gasteiger partial charge in [-0.2, -0.15) is 0 Å². The average Bonchev–Trinajstić information content (AvgIpc) is 2.39. The number of benzene rings is 1. The Bertz CT molecular complexity index is 369. The highest BCUT2D eigenvalue weighted by molar-refractivity contribution is 5.23. The lowest BCUT2D eigenvalue weighted by Crippen LogP contribution is -2.42. The highest BCUT2D eigenvalue weighted by atomic mass is 19.1. The fourth-order valence-corrected chi connectivity index (χ4v) is 1.88. The van der Waals surface area contributed by atoms with Gasteiger partial charge in [-0.1, -0.05) is 12.1 Å². The number of hydrogen-bond donors (Lipinski definition) is 1. The number of nitrogens with zero attached hydrogens (tertiary/aromatic N) is 1. The van der Waals surface area contributed by atoms with Crippen molar-refractivity contribution in [3.05, 3.63) is 30.1 Å². The molecule has 1 atom stereocenters. The van der Waals surface area contributed by atoms with Gasteiger partial charge in [0.15, 0.2) is 11.6 Å². The molecule has 0 saturated carbocycles. The van der Waals surface area contributed by atoms with E-state index in [-0.39, 0.29) is 12.4 Å². The normalized spacial score (nSPS) is 18.6. The van der Waals surface area contributed by atoms with E-state index in [1.807, 2.05) is 0 Å². The van der Waals surface area contributed by atoms with Crippen LogP contribution < -0.4 is 4.74 Å². The topological polar surface area (TPSA) is 41.9 Å². The predicted octanol–water partition coefficient (Wildman–Crippen LogP) is 0.898. The first-order valence-electron chi connectivity index (χ1n) is 6.11. The van der Waals surface area contributed by atoms with Crippen LogP contribution in [0.5, 0.6) is 5.75 Å². The molecule has 5 heteroatoms. The first-order valence-corrected chi connectivity index (χ1v) is 6.11. The zero-order valence-electron chi connectivity index (χ0n) is 10.2. The van der Waals surface area contributed by atoms with Crippen molar-refractivity contribution in [2.75, 3.05) is 39.5 Å². The minimum Gasteiger partial charge on any atom is -0.488 e. The van der Waals surface area contributed by atoms with Crippen LogP contribution in [-0.4, -0.2) is 55.6 Å². The van der Waals surface area contributed by atoms with Crippen LogP contribution in [0, 0.1) is 5.82 Å². The number of ether oxygens (including phenoxy) is 2. The van der Waals surface area contributed by atoms with Gasteiger partial charge in [0, 0.05) is 19.6 Å². The van der Waals surface area contributed by atoms with Crippen LogP contribution in [0.2, 0.25) is 0 Å². The molecule has 1 fully saturated rings. The molecule has 0 unspecified atom stereocenters. The molecule has 0 amide bonds. The molecule has 0 radical (unpaired) electrons. The van der Waals surface area contributed by atoms with E-state index in [0.29, 0.717) is 19.8 Å². The molecule has 1 saturated heterocycles. The second kappa shape index (κ2) is 6.68. The monoisotopic (exact) mass is 255 g/mol. The standard InChI is InChI=1S/C13H18FNO3/c14-12-3-1-2-4-13(12)18-10-11(16)9-15-5-7-17-8-6-15/h1-4,11,16H,5-10H2/t11-/m0/s1. The predicted molar refractivity (Wildman–Crippen MR) is 65.2 cm³/mol. The summed E-state index contributed by atoms with van der Waals surface area (Å²) in [6.45, 7) is 3.64. The zero-order chi connectivity index (χ0) is 12.8. The minimum atomic E-state index is -0.622. The summed E-state index contributed by atoms with van der Waals surface area (Å²) in [5.74, 6) is -0.227. The van der Waals surface area contributed by atoms with Crippen molar-refractivity contribution in [1.82, 2.24) is 4.90 Å². The van der Waals surface area contributed by atoms with Crippen molar-refractivity contribution in [3.8, 4) is 5.75 Å². The Morgan fingerprint density at radius 1 is 1.33 bits per heavy atom. The summed E-state index contributed by atoms with van der Waals surface area (Å²) >= 11 is 0. The summed E-state index contributed by atoms with van der Waals surface area (Å²) in [5.41, 5.74) is 0. The van der Waals surface area contributed by atoms with Crippen molar-refractivity contribution in [3.63, 3.8) is 0 Å². The quantitative estimate of drug-likeness (QED) is 0.848. The Kier molecular flexibility index (Phi) is 4.92. The highest BCUT2D eigenvalue weighted by Crippen LogP contribution is 2.15. The molecule has 0 aromatic heterocycles. The number of hydrogen-bond acceptors (Lipinski definition) is 4. The Morgan fingerprint density at radius 2 is 2.06 bits per heavy atom. The summed E-state index contributed by atoms with van der Waals surface area (Å²) in [5, 5.41) is 9.82. The van der Waals surface area contributed by atoms with Crippen molar-refractivity contribution in [2.24, 2.45) is 0 Å². The lowest BCUT2D eigenvalue weighted by molar-refractivity contribution is 0.00433. The number of halogens is 1. The molecule has 100 valence electrons. The van der Waals surface area contributed by atoms with Crippen molar-refractivity contribution in [1.29, 1.82) is 0 Å². The largest absolute Gasteiger partial charge is 0.488 e. The Morgan fingerprint density at radius 3 is 2.78 bits per heavy atom. The first-order chi connectivity index (χ1) is 8.75. The van der Waals surface area contributed by atoms with Gasteiger partial charge in [-0.3, -0.25) is 4.90 Å². The molecular formula is C13H18FNO3. The van der Waals surface area contributed by atoms with E-state index in [1.165, 1.54) is 6.07 Å². The van der Waals surface area contributed by atoms with Crippen LogP contribution in [0.25, 0.3) is 0 Å². The highest BCUT2D eigenvalue weighted by Gasteiger charge is 2.15. The lowest BCUT2D eigenvalue weighted by atomic mass is 10.3. The molecule has 1 heterocycles. The number of β-amino-alcohol motifs (C(OH)–C–C–N with tert-alkyl or cyclic N) is 1. The number of aliphatic hydroxyl groups excluding tert-OH is 1. The van der Waals surface area contributed by atoms with Crippen LogP contribution in [0.3, 0.4) is 0 Å². The van der Waals surface area contributed by atoms with Crippen molar-refractivity contribution < 1.29 is 19.0 Å². The molecule has 1 N–H and O–H groups in total. The molecule has 4 nitrogen and oxygen atoms in total. The van der Waals surface area contributed by atoms with Gasteiger partial charge in [0.25, 0.3) is 0 Å². The van der Waals surface area contributed by atoms with Gasteiger partial charge >= 0.3 is 0 Å². The SMILES string of the molecule is O[C@H](COc1ccccc1F)CN1CCOCC1. The molecule has 0 aliphatic carbocycles. The van der Waals surface area contributed by atoms with Crippen LogP contribution in [-0.2, 0) is 4.74 Å². The third-order valence-electron chi connectivity index (χ3n) is 2.84. The molecule has 1 aromatic rings. The lowest BCUT2D eigenvalue weighted by Gasteiger charge is -2.28. The zero-order valence-corrected chi connectivity index (χ0v) is 10.2. The van der Waals surface area contributed by atoms with Crippen LogP contribution in [0.1, 0.15) is 0 Å². The third kappa shape index (κ3) is 3.94. The number of morpholine rings is 1. The number of rotatable bonds is 5. The van der Waals surface area contributed by atoms with Crippen molar-refractivity contribution in [2.45, 2.75) is 6.10 Å². The Balaban J connectivity index is 1.74. The fraction of sp³-hybridized carbons (Fsp3) is 0.538. The molecule has 1 aliphatic rings. The van der Waals surface area contributed by atoms with E-state index >= 15 is 0 Å². The number of aliphatic hydroxyl groups is 1. The maximum absolute atomic E-state index is 13.3. The van der Waals surface area contributed by atoms with Gasteiger partial charge in [0.05, 0.1) is 13.2 Å². The van der Waals surface area contributed by atoms with Crippen molar-refractivity contribution >= 4 is 0 Å².